The molecule has 0 aliphatic rings. The highest BCUT2D eigenvalue weighted by atomic mass is 79.9. The highest BCUT2D eigenvalue weighted by Crippen LogP contribution is 2.22. The summed E-state index contributed by atoms with van der Waals surface area (Å²) in [4.78, 5) is 0. The van der Waals surface area contributed by atoms with E-state index < -0.39 is 0 Å². The van der Waals surface area contributed by atoms with E-state index in [4.69, 9.17) is 4.74 Å². The SMILES string of the molecule is CCNCc1ccc(COc2ccc(Br)cc2F)cc1. The van der Waals surface area contributed by atoms with Crippen LogP contribution in [0.3, 0.4) is 0 Å². The van der Waals surface area contributed by atoms with Crippen molar-refractivity contribution in [2.24, 2.45) is 0 Å². The third-order valence-electron chi connectivity index (χ3n) is 2.89. The summed E-state index contributed by atoms with van der Waals surface area (Å²) in [5, 5.41) is 3.27. The van der Waals surface area contributed by atoms with Crippen LogP contribution in [-0.4, -0.2) is 6.54 Å². The molecule has 0 aromatic heterocycles. The molecule has 0 aliphatic heterocycles. The second kappa shape index (κ2) is 7.41. The van der Waals surface area contributed by atoms with E-state index in [1.54, 1.807) is 12.1 Å². The van der Waals surface area contributed by atoms with Gasteiger partial charge >= 0.3 is 0 Å². The van der Waals surface area contributed by atoms with Gasteiger partial charge in [-0.1, -0.05) is 47.1 Å². The number of nitrogens with one attached hydrogen (secondary N) is 1. The quantitative estimate of drug-likeness (QED) is 0.849. The van der Waals surface area contributed by atoms with E-state index in [1.165, 1.54) is 11.6 Å². The molecule has 4 heteroatoms. The Hall–Kier alpha value is -1.39. The molecule has 0 spiro atoms. The Labute approximate surface area is 127 Å². The molecule has 2 nitrogen and oxygen atoms in total. The first kappa shape index (κ1) is 15.0. The number of rotatable bonds is 6. The fraction of sp³-hybridized carbons (Fsp3) is 0.250. The van der Waals surface area contributed by atoms with Crippen molar-refractivity contribution in [3.8, 4) is 5.75 Å². The van der Waals surface area contributed by atoms with Crippen molar-refractivity contribution in [2.45, 2.75) is 20.1 Å². The van der Waals surface area contributed by atoms with Gasteiger partial charge in [0.2, 0.25) is 0 Å². The Bertz CT molecular complexity index is 557. The first-order chi connectivity index (χ1) is 9.69. The molecule has 2 rings (SSSR count). The van der Waals surface area contributed by atoms with Gasteiger partial charge in [0.25, 0.3) is 0 Å². The predicted molar refractivity (Wildman–Crippen MR) is 82.3 cm³/mol. The summed E-state index contributed by atoms with van der Waals surface area (Å²) in [6.07, 6.45) is 0. The summed E-state index contributed by atoms with van der Waals surface area (Å²) < 4.78 is 19.8. The number of benzene rings is 2. The van der Waals surface area contributed by atoms with Gasteiger partial charge in [-0.25, -0.2) is 4.39 Å². The van der Waals surface area contributed by atoms with E-state index in [0.717, 1.165) is 18.7 Å². The van der Waals surface area contributed by atoms with Crippen molar-refractivity contribution >= 4 is 15.9 Å². The zero-order valence-electron chi connectivity index (χ0n) is 11.3. The molecule has 0 amide bonds. The van der Waals surface area contributed by atoms with E-state index in [-0.39, 0.29) is 11.6 Å². The van der Waals surface area contributed by atoms with Crippen LogP contribution in [0.1, 0.15) is 18.1 Å². The van der Waals surface area contributed by atoms with Gasteiger partial charge in [0.1, 0.15) is 6.61 Å². The number of hydrogen-bond donors (Lipinski definition) is 1. The zero-order chi connectivity index (χ0) is 14.4. The normalized spacial score (nSPS) is 10.6. The van der Waals surface area contributed by atoms with Crippen molar-refractivity contribution in [3.63, 3.8) is 0 Å². The molecule has 106 valence electrons. The molecule has 0 aliphatic carbocycles. The van der Waals surface area contributed by atoms with Crippen LogP contribution in [0.4, 0.5) is 4.39 Å². The van der Waals surface area contributed by atoms with Gasteiger partial charge in [0.05, 0.1) is 0 Å². The summed E-state index contributed by atoms with van der Waals surface area (Å²) in [5.41, 5.74) is 2.25. The minimum absolute atomic E-state index is 0.268. The largest absolute Gasteiger partial charge is 0.486 e. The Morgan fingerprint density at radius 1 is 1.10 bits per heavy atom. The van der Waals surface area contributed by atoms with E-state index in [9.17, 15) is 4.39 Å². The lowest BCUT2D eigenvalue weighted by atomic mass is 10.1. The van der Waals surface area contributed by atoms with Crippen molar-refractivity contribution in [1.29, 1.82) is 0 Å². The van der Waals surface area contributed by atoms with Crippen LogP contribution < -0.4 is 10.1 Å². The lowest BCUT2D eigenvalue weighted by Gasteiger charge is -2.08. The molecule has 0 bridgehead atoms. The van der Waals surface area contributed by atoms with Gasteiger partial charge in [0, 0.05) is 11.0 Å². The van der Waals surface area contributed by atoms with Crippen LogP contribution in [0.2, 0.25) is 0 Å². The van der Waals surface area contributed by atoms with Crippen molar-refractivity contribution in [2.75, 3.05) is 6.54 Å². The van der Waals surface area contributed by atoms with Gasteiger partial charge in [-0.05, 0) is 35.9 Å². The first-order valence-electron chi connectivity index (χ1n) is 6.55. The van der Waals surface area contributed by atoms with Crippen LogP contribution >= 0.6 is 15.9 Å². The summed E-state index contributed by atoms with van der Waals surface area (Å²) in [6.45, 7) is 4.25. The molecular weight excluding hydrogens is 321 g/mol. The molecule has 0 saturated heterocycles. The summed E-state index contributed by atoms with van der Waals surface area (Å²) in [7, 11) is 0. The highest BCUT2D eigenvalue weighted by Gasteiger charge is 2.04. The molecular formula is C16H17BrFNO. The van der Waals surface area contributed by atoms with Crippen molar-refractivity contribution in [3.05, 3.63) is 63.9 Å². The average molecular weight is 338 g/mol. The van der Waals surface area contributed by atoms with E-state index in [2.05, 4.69) is 40.3 Å². The Morgan fingerprint density at radius 3 is 2.45 bits per heavy atom. The van der Waals surface area contributed by atoms with Gasteiger partial charge in [-0.15, -0.1) is 0 Å². The van der Waals surface area contributed by atoms with E-state index in [0.29, 0.717) is 11.1 Å². The molecule has 1 N–H and O–H groups in total. The second-order valence-electron chi connectivity index (χ2n) is 4.46. The molecule has 0 saturated carbocycles. The standard InChI is InChI=1S/C16H17BrFNO/c1-2-19-10-12-3-5-13(6-4-12)11-20-16-8-7-14(17)9-15(16)18/h3-9,19H,2,10-11H2,1H3. The smallest absolute Gasteiger partial charge is 0.166 e. The van der Waals surface area contributed by atoms with Gasteiger partial charge < -0.3 is 10.1 Å². The fourth-order valence-corrected chi connectivity index (χ4v) is 2.11. The van der Waals surface area contributed by atoms with Crippen molar-refractivity contribution < 1.29 is 9.13 Å². The highest BCUT2D eigenvalue weighted by molar-refractivity contribution is 9.10. The maximum absolute atomic E-state index is 13.6. The lowest BCUT2D eigenvalue weighted by molar-refractivity contribution is 0.290. The monoisotopic (exact) mass is 337 g/mol. The number of ether oxygens (including phenoxy) is 1. The molecule has 0 fully saturated rings. The Morgan fingerprint density at radius 2 is 1.80 bits per heavy atom. The third kappa shape index (κ3) is 4.32. The maximum atomic E-state index is 13.6. The summed E-state index contributed by atoms with van der Waals surface area (Å²) in [5.74, 6) is -0.0898. The predicted octanol–water partition coefficient (Wildman–Crippen LogP) is 4.28. The molecule has 20 heavy (non-hydrogen) atoms. The fourth-order valence-electron chi connectivity index (χ4n) is 1.78. The number of halogens is 2. The van der Waals surface area contributed by atoms with Crippen LogP contribution in [0.15, 0.2) is 46.9 Å². The Balaban J connectivity index is 1.93. The van der Waals surface area contributed by atoms with Crippen LogP contribution in [0.25, 0.3) is 0 Å². The first-order valence-corrected chi connectivity index (χ1v) is 7.34. The van der Waals surface area contributed by atoms with Gasteiger partial charge in [-0.2, -0.15) is 0 Å². The minimum atomic E-state index is -0.358. The molecule has 0 unspecified atom stereocenters. The molecule has 0 atom stereocenters. The van der Waals surface area contributed by atoms with E-state index in [1.807, 2.05) is 12.1 Å². The lowest BCUT2D eigenvalue weighted by Crippen LogP contribution is -2.11. The van der Waals surface area contributed by atoms with Crippen LogP contribution in [-0.2, 0) is 13.2 Å². The topological polar surface area (TPSA) is 21.3 Å². The van der Waals surface area contributed by atoms with Crippen LogP contribution in [0, 0.1) is 5.82 Å². The maximum Gasteiger partial charge on any atom is 0.166 e. The molecule has 0 radical (unpaired) electrons. The van der Waals surface area contributed by atoms with Gasteiger partial charge in [0.15, 0.2) is 11.6 Å². The van der Waals surface area contributed by atoms with Crippen LogP contribution in [0.5, 0.6) is 5.75 Å². The van der Waals surface area contributed by atoms with Crippen molar-refractivity contribution in [1.82, 2.24) is 5.32 Å². The number of hydrogen-bond acceptors (Lipinski definition) is 2. The van der Waals surface area contributed by atoms with Gasteiger partial charge in [-0.3, -0.25) is 0 Å². The summed E-state index contributed by atoms with van der Waals surface area (Å²) in [6, 6.07) is 12.9. The summed E-state index contributed by atoms with van der Waals surface area (Å²) >= 11 is 3.22. The molecule has 2 aromatic rings. The minimum Gasteiger partial charge on any atom is -0.486 e. The zero-order valence-corrected chi connectivity index (χ0v) is 12.9. The second-order valence-corrected chi connectivity index (χ2v) is 5.38. The average Bonchev–Trinajstić information content (AvgIpc) is 2.45. The molecule has 2 aromatic carbocycles. The molecule has 0 heterocycles. The third-order valence-corrected chi connectivity index (χ3v) is 3.38. The Kier molecular flexibility index (Phi) is 5.56. The van der Waals surface area contributed by atoms with E-state index >= 15 is 0 Å².